The van der Waals surface area contributed by atoms with Crippen LogP contribution in [0.2, 0.25) is 0 Å². The van der Waals surface area contributed by atoms with Gasteiger partial charge in [-0.3, -0.25) is 14.6 Å². The van der Waals surface area contributed by atoms with Crippen LogP contribution in [0.3, 0.4) is 0 Å². The summed E-state index contributed by atoms with van der Waals surface area (Å²) in [4.78, 5) is 49.4. The first-order valence-corrected chi connectivity index (χ1v) is 6.73. The van der Waals surface area contributed by atoms with Crippen LogP contribution in [-0.4, -0.2) is 37.8 Å². The smallest absolute Gasteiger partial charge is 0.325 e. The van der Waals surface area contributed by atoms with Gasteiger partial charge < -0.3 is 9.88 Å². The number of H-pyrrole nitrogens is 2. The number of nitrogens with one attached hydrogen (secondary N) is 2. The molecule has 2 aromatic heterocycles. The number of carbonyl (C=O) groups excluding carboxylic acids is 1. The van der Waals surface area contributed by atoms with Gasteiger partial charge in [-0.1, -0.05) is 0 Å². The molecule has 0 fully saturated rings. The minimum atomic E-state index is -0.582. The minimum Gasteiger partial charge on any atom is -0.337 e. The molecule has 8 nitrogen and oxygen atoms in total. The summed E-state index contributed by atoms with van der Waals surface area (Å²) in [6.07, 6.45) is 2.93. The van der Waals surface area contributed by atoms with Crippen molar-refractivity contribution in [1.82, 2.24) is 24.8 Å². The van der Waals surface area contributed by atoms with E-state index < -0.39 is 11.2 Å². The van der Waals surface area contributed by atoms with Crippen LogP contribution in [-0.2, 0) is 11.2 Å². The molecule has 0 aliphatic rings. The highest BCUT2D eigenvalue weighted by Gasteiger charge is 2.20. The van der Waals surface area contributed by atoms with Crippen LogP contribution in [0, 0.1) is 6.92 Å². The van der Waals surface area contributed by atoms with E-state index in [1.165, 1.54) is 11.2 Å². The maximum Gasteiger partial charge on any atom is 0.325 e. The molecular formula is C14H17N5O3. The van der Waals surface area contributed by atoms with Gasteiger partial charge in [-0.25, -0.2) is 14.8 Å². The van der Waals surface area contributed by atoms with Gasteiger partial charge in [-0.2, -0.15) is 0 Å². The molecule has 0 radical (unpaired) electrons. The normalized spacial score (nSPS) is 12.0. The van der Waals surface area contributed by atoms with Crippen molar-refractivity contribution >= 4 is 5.91 Å². The highest BCUT2D eigenvalue weighted by Crippen LogP contribution is 2.16. The molecule has 2 rings (SSSR count). The first-order valence-electron chi connectivity index (χ1n) is 6.73. The molecule has 8 heteroatoms. The number of aromatic nitrogens is 4. The summed E-state index contributed by atoms with van der Waals surface area (Å²) in [6, 6.07) is 1.48. The van der Waals surface area contributed by atoms with Gasteiger partial charge in [-0.05, 0) is 19.9 Å². The fourth-order valence-electron chi connectivity index (χ4n) is 2.08. The number of amides is 1. The van der Waals surface area contributed by atoms with Crippen LogP contribution in [0.25, 0.3) is 0 Å². The molecule has 0 aliphatic heterocycles. The second-order valence-corrected chi connectivity index (χ2v) is 5.00. The third kappa shape index (κ3) is 3.27. The zero-order valence-electron chi connectivity index (χ0n) is 12.6. The summed E-state index contributed by atoms with van der Waals surface area (Å²) < 4.78 is 0. The molecule has 0 saturated heterocycles. The Labute approximate surface area is 126 Å². The molecule has 1 amide bonds. The van der Waals surface area contributed by atoms with Crippen LogP contribution in [0.4, 0.5) is 0 Å². The third-order valence-electron chi connectivity index (χ3n) is 3.59. The Bertz CT molecular complexity index is 781. The average Bonchev–Trinajstić information content (AvgIpc) is 2.50. The number of likely N-dealkylation sites (N-methyl/N-ethyl adjacent to an activating group) is 1. The highest BCUT2D eigenvalue weighted by atomic mass is 16.2. The van der Waals surface area contributed by atoms with Gasteiger partial charge in [0.2, 0.25) is 5.91 Å². The van der Waals surface area contributed by atoms with Crippen molar-refractivity contribution in [1.29, 1.82) is 0 Å². The average molecular weight is 303 g/mol. The van der Waals surface area contributed by atoms with E-state index in [9.17, 15) is 14.4 Å². The number of aromatic amines is 2. The Balaban J connectivity index is 2.19. The van der Waals surface area contributed by atoms with Crippen LogP contribution >= 0.6 is 0 Å². The van der Waals surface area contributed by atoms with Gasteiger partial charge >= 0.3 is 5.69 Å². The first kappa shape index (κ1) is 15.6. The molecule has 2 aromatic rings. The number of carbonyl (C=O) groups is 1. The quantitative estimate of drug-likeness (QED) is 0.820. The largest absolute Gasteiger partial charge is 0.337 e. The third-order valence-corrected chi connectivity index (χ3v) is 3.59. The van der Waals surface area contributed by atoms with Crippen LogP contribution < -0.4 is 11.2 Å². The summed E-state index contributed by atoms with van der Waals surface area (Å²) in [6.45, 7) is 3.43. The Morgan fingerprint density at radius 3 is 2.68 bits per heavy atom. The SMILES string of the molecule is Cc1[nH]c(=O)[nH]c(=O)c1CC(=O)N(C)[C@H](C)c1ccncn1. The molecule has 116 valence electrons. The van der Waals surface area contributed by atoms with Crippen LogP contribution in [0.1, 0.15) is 29.9 Å². The molecule has 0 unspecified atom stereocenters. The van der Waals surface area contributed by atoms with E-state index in [1.807, 2.05) is 6.92 Å². The van der Waals surface area contributed by atoms with E-state index in [0.29, 0.717) is 11.4 Å². The number of rotatable bonds is 4. The molecule has 0 aromatic carbocycles. The summed E-state index contributed by atoms with van der Waals surface area (Å²) in [7, 11) is 1.64. The van der Waals surface area contributed by atoms with Crippen molar-refractivity contribution in [3.8, 4) is 0 Å². The first-order chi connectivity index (χ1) is 10.4. The Morgan fingerprint density at radius 1 is 1.36 bits per heavy atom. The van der Waals surface area contributed by atoms with Crippen molar-refractivity contribution in [3.05, 3.63) is 56.4 Å². The topological polar surface area (TPSA) is 112 Å². The fraction of sp³-hybridized carbons (Fsp3) is 0.357. The predicted molar refractivity (Wildman–Crippen MR) is 79.3 cm³/mol. The Hall–Kier alpha value is -2.77. The Morgan fingerprint density at radius 2 is 2.09 bits per heavy atom. The van der Waals surface area contributed by atoms with Crippen molar-refractivity contribution in [2.24, 2.45) is 0 Å². The summed E-state index contributed by atoms with van der Waals surface area (Å²) in [5, 5.41) is 0. The minimum absolute atomic E-state index is 0.0934. The maximum absolute atomic E-state index is 12.4. The summed E-state index contributed by atoms with van der Waals surface area (Å²) >= 11 is 0. The zero-order chi connectivity index (χ0) is 16.3. The monoisotopic (exact) mass is 303 g/mol. The van der Waals surface area contributed by atoms with E-state index in [4.69, 9.17) is 0 Å². The second kappa shape index (κ2) is 6.33. The standard InChI is InChI=1S/C14H17N5O3/c1-8-10(13(21)18-14(22)17-8)6-12(20)19(3)9(2)11-4-5-15-7-16-11/h4-5,7,9H,6H2,1-3H3,(H2,17,18,21,22)/t9-/m1/s1. The molecular weight excluding hydrogens is 286 g/mol. The zero-order valence-corrected chi connectivity index (χ0v) is 12.6. The molecule has 0 saturated carbocycles. The lowest BCUT2D eigenvalue weighted by molar-refractivity contribution is -0.131. The highest BCUT2D eigenvalue weighted by molar-refractivity contribution is 5.79. The molecule has 2 heterocycles. The lowest BCUT2D eigenvalue weighted by Crippen LogP contribution is -2.35. The predicted octanol–water partition coefficient (Wildman–Crippen LogP) is -0.0763. The summed E-state index contributed by atoms with van der Waals surface area (Å²) in [5.74, 6) is -0.244. The fourth-order valence-corrected chi connectivity index (χ4v) is 2.08. The van der Waals surface area contributed by atoms with E-state index in [-0.39, 0.29) is 23.9 Å². The number of aryl methyl sites for hydroxylation is 1. The number of hydrogen-bond donors (Lipinski definition) is 2. The lowest BCUT2D eigenvalue weighted by Gasteiger charge is -2.24. The van der Waals surface area contributed by atoms with Gasteiger partial charge in [0, 0.05) is 24.5 Å². The van der Waals surface area contributed by atoms with Gasteiger partial charge in [0.25, 0.3) is 5.56 Å². The van der Waals surface area contributed by atoms with Crippen LogP contribution in [0.15, 0.2) is 28.2 Å². The van der Waals surface area contributed by atoms with Crippen molar-refractivity contribution in [2.75, 3.05) is 7.05 Å². The van der Waals surface area contributed by atoms with E-state index >= 15 is 0 Å². The molecule has 0 bridgehead atoms. The van der Waals surface area contributed by atoms with Crippen molar-refractivity contribution < 1.29 is 4.79 Å². The van der Waals surface area contributed by atoms with E-state index in [1.54, 1.807) is 26.2 Å². The van der Waals surface area contributed by atoms with Gasteiger partial charge in [-0.15, -0.1) is 0 Å². The summed E-state index contributed by atoms with van der Waals surface area (Å²) in [5.41, 5.74) is 0.230. The molecule has 22 heavy (non-hydrogen) atoms. The second-order valence-electron chi connectivity index (χ2n) is 5.00. The van der Waals surface area contributed by atoms with Gasteiger partial charge in [0.05, 0.1) is 18.2 Å². The number of nitrogens with zero attached hydrogens (tertiary/aromatic N) is 3. The van der Waals surface area contributed by atoms with E-state index in [0.717, 1.165) is 0 Å². The molecule has 0 aliphatic carbocycles. The molecule has 0 spiro atoms. The van der Waals surface area contributed by atoms with Crippen molar-refractivity contribution in [3.63, 3.8) is 0 Å². The van der Waals surface area contributed by atoms with E-state index in [2.05, 4.69) is 19.9 Å². The van der Waals surface area contributed by atoms with Crippen molar-refractivity contribution in [2.45, 2.75) is 26.3 Å². The molecule has 1 atom stereocenters. The number of hydrogen-bond acceptors (Lipinski definition) is 5. The van der Waals surface area contributed by atoms with Gasteiger partial charge in [0.15, 0.2) is 0 Å². The van der Waals surface area contributed by atoms with Crippen LogP contribution in [0.5, 0.6) is 0 Å². The maximum atomic E-state index is 12.4. The lowest BCUT2D eigenvalue weighted by atomic mass is 10.1. The van der Waals surface area contributed by atoms with Gasteiger partial charge in [0.1, 0.15) is 6.33 Å². The molecule has 2 N–H and O–H groups in total. The Kier molecular flexibility index (Phi) is 4.50.